The number of thiophene rings is 1. The van der Waals surface area contributed by atoms with E-state index in [9.17, 15) is 25.3 Å². The highest BCUT2D eigenvalue weighted by Crippen LogP contribution is 2.32. The highest BCUT2D eigenvalue weighted by atomic mass is 32.2. The van der Waals surface area contributed by atoms with Gasteiger partial charge in [0, 0.05) is 24.9 Å². The van der Waals surface area contributed by atoms with Crippen LogP contribution < -0.4 is 4.72 Å². The Bertz CT molecular complexity index is 1850. The van der Waals surface area contributed by atoms with E-state index in [0.29, 0.717) is 0 Å². The van der Waals surface area contributed by atoms with Gasteiger partial charge in [0.1, 0.15) is 4.21 Å². The van der Waals surface area contributed by atoms with E-state index in [2.05, 4.69) is 0 Å². The minimum atomic E-state index is -4.19. The Morgan fingerprint density at radius 2 is 1.51 bits per heavy atom. The fourth-order valence-electron chi connectivity index (χ4n) is 3.99. The van der Waals surface area contributed by atoms with Crippen molar-refractivity contribution >= 4 is 41.2 Å². The summed E-state index contributed by atoms with van der Waals surface area (Å²) >= 11 is 1.06. The van der Waals surface area contributed by atoms with Crippen LogP contribution in [-0.2, 0) is 43.0 Å². The molecule has 4 aromatic rings. The zero-order chi connectivity index (χ0) is 28.3. The van der Waals surface area contributed by atoms with Gasteiger partial charge >= 0.3 is 0 Å². The summed E-state index contributed by atoms with van der Waals surface area (Å²) in [6, 6.07) is 22.3. The molecule has 39 heavy (non-hydrogen) atoms. The molecule has 202 valence electrons. The number of hydrogen-bond acceptors (Lipinski definition) is 8. The quantitative estimate of drug-likeness (QED) is 0.214. The molecule has 1 N–H and O–H groups in total. The number of nitriles is 1. The lowest BCUT2D eigenvalue weighted by Crippen LogP contribution is -2.30. The van der Waals surface area contributed by atoms with E-state index in [4.69, 9.17) is 5.26 Å². The van der Waals surface area contributed by atoms with Crippen LogP contribution in [0.3, 0.4) is 0 Å². The number of hydrogen-bond donors (Lipinski definition) is 1. The van der Waals surface area contributed by atoms with Crippen LogP contribution in [0.15, 0.2) is 104 Å². The summed E-state index contributed by atoms with van der Waals surface area (Å²) in [4.78, 5) is -0.343. The average molecular weight is 602 g/mol. The molecular formula is C26H23N3O6S4. The molecule has 0 aliphatic rings. The van der Waals surface area contributed by atoms with Crippen LogP contribution in [0.5, 0.6) is 0 Å². The van der Waals surface area contributed by atoms with E-state index in [1.54, 1.807) is 46.5 Å². The van der Waals surface area contributed by atoms with E-state index < -0.39 is 29.9 Å². The summed E-state index contributed by atoms with van der Waals surface area (Å²) < 4.78 is 81.2. The molecule has 0 aliphatic carbocycles. The van der Waals surface area contributed by atoms with Gasteiger partial charge < -0.3 is 0 Å². The van der Waals surface area contributed by atoms with Gasteiger partial charge in [-0.3, -0.25) is 0 Å². The molecule has 0 unspecified atom stereocenters. The van der Waals surface area contributed by atoms with E-state index >= 15 is 0 Å². The minimum absolute atomic E-state index is 0.00688. The Morgan fingerprint density at radius 1 is 0.821 bits per heavy atom. The van der Waals surface area contributed by atoms with Gasteiger partial charge in [-0.25, -0.2) is 30.0 Å². The largest absolute Gasteiger partial charge is 0.270 e. The smallest absolute Gasteiger partial charge is 0.224 e. The molecule has 9 nitrogen and oxygen atoms in total. The minimum Gasteiger partial charge on any atom is -0.224 e. The Labute approximate surface area is 232 Å². The maximum Gasteiger partial charge on any atom is 0.270 e. The lowest BCUT2D eigenvalue weighted by atomic mass is 10.0. The Hall–Kier alpha value is -3.54. The zero-order valence-corrected chi connectivity index (χ0v) is 23.8. The first-order chi connectivity index (χ1) is 18.4. The average Bonchev–Trinajstić information content (AvgIpc) is 3.45. The van der Waals surface area contributed by atoms with Crippen molar-refractivity contribution in [2.24, 2.45) is 0 Å². The lowest BCUT2D eigenvalue weighted by Gasteiger charge is -2.23. The van der Waals surface area contributed by atoms with Gasteiger partial charge in [-0.2, -0.15) is 9.57 Å². The zero-order valence-electron chi connectivity index (χ0n) is 20.6. The second-order valence-corrected chi connectivity index (χ2v) is 15.2. The summed E-state index contributed by atoms with van der Waals surface area (Å²) in [5, 5.41) is 10.5. The van der Waals surface area contributed by atoms with Gasteiger partial charge in [-0.1, -0.05) is 66.7 Å². The van der Waals surface area contributed by atoms with Crippen molar-refractivity contribution in [1.29, 1.82) is 5.26 Å². The fourth-order valence-corrected chi connectivity index (χ4v) is 8.46. The molecule has 3 aromatic carbocycles. The summed E-state index contributed by atoms with van der Waals surface area (Å²) in [5.41, 5.74) is 1.41. The molecule has 0 amide bonds. The van der Waals surface area contributed by atoms with Crippen molar-refractivity contribution in [2.45, 2.75) is 27.1 Å². The highest BCUT2D eigenvalue weighted by Gasteiger charge is 2.28. The van der Waals surface area contributed by atoms with Gasteiger partial charge in [0.2, 0.25) is 0 Å². The van der Waals surface area contributed by atoms with Crippen LogP contribution in [0, 0.1) is 11.5 Å². The molecule has 0 aliphatic heterocycles. The van der Waals surface area contributed by atoms with Crippen molar-refractivity contribution in [3.05, 3.63) is 101 Å². The van der Waals surface area contributed by atoms with E-state index in [0.717, 1.165) is 23.2 Å². The van der Waals surface area contributed by atoms with Crippen LogP contribution in [-0.4, -0.2) is 35.8 Å². The number of benzene rings is 3. The number of rotatable bonds is 10. The van der Waals surface area contributed by atoms with Gasteiger partial charge in [0.25, 0.3) is 20.0 Å². The van der Waals surface area contributed by atoms with Gasteiger partial charge in [0.15, 0.2) is 16.0 Å². The molecule has 0 saturated carbocycles. The molecule has 4 rings (SSSR count). The number of sulfonamides is 2. The van der Waals surface area contributed by atoms with Crippen LogP contribution in [0.4, 0.5) is 0 Å². The third-order valence-electron chi connectivity index (χ3n) is 5.77. The maximum absolute atomic E-state index is 13.6. The number of sulfone groups is 1. The first-order valence-corrected chi connectivity index (χ1v) is 17.0. The van der Waals surface area contributed by atoms with Crippen LogP contribution in [0.2, 0.25) is 0 Å². The van der Waals surface area contributed by atoms with Crippen molar-refractivity contribution in [1.82, 2.24) is 9.03 Å². The first-order valence-electron chi connectivity index (χ1n) is 11.3. The van der Waals surface area contributed by atoms with E-state index in [1.165, 1.54) is 53.0 Å². The van der Waals surface area contributed by atoms with Crippen molar-refractivity contribution in [3.63, 3.8) is 0 Å². The van der Waals surface area contributed by atoms with E-state index in [-0.39, 0.29) is 43.8 Å². The van der Waals surface area contributed by atoms with Crippen LogP contribution in [0.1, 0.15) is 11.1 Å². The predicted molar refractivity (Wildman–Crippen MR) is 148 cm³/mol. The van der Waals surface area contributed by atoms with Gasteiger partial charge in [-0.05, 0) is 40.3 Å². The molecule has 0 bridgehead atoms. The topological polar surface area (TPSA) is 141 Å². The third-order valence-corrected chi connectivity index (χ3v) is 11.4. The molecule has 1 heterocycles. The molecule has 0 spiro atoms. The summed E-state index contributed by atoms with van der Waals surface area (Å²) in [6.07, 6.45) is 2.41. The molecule has 0 fully saturated rings. The number of nitrogens with one attached hydrogen (secondary N) is 1. The van der Waals surface area contributed by atoms with Crippen molar-refractivity contribution < 1.29 is 25.3 Å². The Kier molecular flexibility index (Phi) is 8.24. The van der Waals surface area contributed by atoms with Gasteiger partial charge in [0.05, 0.1) is 9.79 Å². The van der Waals surface area contributed by atoms with Crippen LogP contribution >= 0.6 is 11.3 Å². The summed E-state index contributed by atoms with van der Waals surface area (Å²) in [5.74, 6) is 0. The molecular weight excluding hydrogens is 579 g/mol. The molecule has 1 aromatic heterocycles. The molecule has 0 radical (unpaired) electrons. The fraction of sp³-hybridized carbons (Fsp3) is 0.115. The molecule has 0 atom stereocenters. The normalized spacial score (nSPS) is 12.2. The SMILES string of the molecule is CS(=O)(=O)c1cc(-c2ccccc2S(=O)(=O)NC#N)ccc1CN(Cc1ccccc1)S(=O)(=O)c1cccs1. The Balaban J connectivity index is 1.83. The summed E-state index contributed by atoms with van der Waals surface area (Å²) in [7, 11) is -12.0. The number of nitrogens with zero attached hydrogens (tertiary/aromatic N) is 2. The lowest BCUT2D eigenvalue weighted by molar-refractivity contribution is 0.399. The third kappa shape index (κ3) is 6.38. The van der Waals surface area contributed by atoms with Crippen molar-refractivity contribution in [2.75, 3.05) is 6.26 Å². The first kappa shape index (κ1) is 28.5. The Morgan fingerprint density at radius 3 is 2.15 bits per heavy atom. The second kappa shape index (κ2) is 11.3. The standard InChI is InChI=1S/C26H23N3O6S4/c1-37(30,31)25-16-21(23-10-5-6-11-24(23)38(32,33)28-19-27)13-14-22(25)18-29(17-20-8-3-2-4-9-20)39(34,35)26-12-7-15-36-26/h2-16,28H,17-18H2,1H3. The van der Waals surface area contributed by atoms with Crippen molar-refractivity contribution in [3.8, 4) is 17.3 Å². The highest BCUT2D eigenvalue weighted by molar-refractivity contribution is 7.91. The maximum atomic E-state index is 13.6. The molecule has 13 heteroatoms. The van der Waals surface area contributed by atoms with Crippen LogP contribution in [0.25, 0.3) is 11.1 Å². The van der Waals surface area contributed by atoms with Gasteiger partial charge in [-0.15, -0.1) is 11.3 Å². The van der Waals surface area contributed by atoms with E-state index in [1.807, 2.05) is 6.07 Å². The monoisotopic (exact) mass is 601 g/mol. The summed E-state index contributed by atoms with van der Waals surface area (Å²) in [6.45, 7) is -0.235. The second-order valence-electron chi connectivity index (χ2n) is 8.50. The predicted octanol–water partition coefficient (Wildman–Crippen LogP) is 3.97. The molecule has 0 saturated heterocycles.